The molecule has 2 aliphatic heterocycles. The van der Waals surface area contributed by atoms with E-state index in [0.29, 0.717) is 23.2 Å². The lowest BCUT2D eigenvalue weighted by molar-refractivity contribution is -0.125. The summed E-state index contributed by atoms with van der Waals surface area (Å²) in [6.07, 6.45) is 2.01. The molecule has 1 N–H and O–H groups in total. The molecule has 1 saturated heterocycles. The minimum absolute atomic E-state index is 0.188. The fraction of sp³-hybridized carbons (Fsp3) is 0.412. The number of benzene rings is 1. The van der Waals surface area contributed by atoms with Crippen molar-refractivity contribution in [1.29, 1.82) is 0 Å². The molecule has 1 amide bonds. The molecule has 0 aliphatic carbocycles. The third-order valence-electron chi connectivity index (χ3n) is 4.22. The topological polar surface area (TPSA) is 74.6 Å². The van der Waals surface area contributed by atoms with Crippen molar-refractivity contribution in [2.24, 2.45) is 5.92 Å². The lowest BCUT2D eigenvalue weighted by Gasteiger charge is -2.25. The van der Waals surface area contributed by atoms with Crippen molar-refractivity contribution in [1.82, 2.24) is 9.78 Å². The summed E-state index contributed by atoms with van der Waals surface area (Å²) in [6.45, 7) is 2.45. The van der Waals surface area contributed by atoms with Gasteiger partial charge in [0.25, 0.3) is 5.91 Å². The fourth-order valence-electron chi connectivity index (χ4n) is 2.91. The highest BCUT2D eigenvalue weighted by Crippen LogP contribution is 2.31. The Balaban J connectivity index is 1.41. The quantitative estimate of drug-likeness (QED) is 0.924. The SMILES string of the molecule is O=C(Nc1ccnn1CC1CCOC1)C1COc2ccccc2O1. The number of nitrogens with zero attached hydrogens (tertiary/aromatic N) is 2. The first-order valence-electron chi connectivity index (χ1n) is 8.08. The number of para-hydroxylation sites is 2. The third kappa shape index (κ3) is 3.07. The maximum atomic E-state index is 12.5. The van der Waals surface area contributed by atoms with E-state index < -0.39 is 6.10 Å². The molecule has 0 spiro atoms. The van der Waals surface area contributed by atoms with Crippen LogP contribution in [0, 0.1) is 5.92 Å². The van der Waals surface area contributed by atoms with Gasteiger partial charge in [-0.25, -0.2) is 4.68 Å². The average molecular weight is 329 g/mol. The molecule has 4 rings (SSSR count). The van der Waals surface area contributed by atoms with Crippen LogP contribution in [0.4, 0.5) is 5.82 Å². The van der Waals surface area contributed by atoms with Crippen molar-refractivity contribution >= 4 is 11.7 Å². The number of ether oxygens (including phenoxy) is 3. The molecule has 3 heterocycles. The minimum Gasteiger partial charge on any atom is -0.485 e. The molecular formula is C17H19N3O4. The van der Waals surface area contributed by atoms with Gasteiger partial charge in [-0.3, -0.25) is 4.79 Å². The zero-order valence-electron chi connectivity index (χ0n) is 13.2. The molecule has 2 unspecified atom stereocenters. The van der Waals surface area contributed by atoms with E-state index in [1.54, 1.807) is 23.0 Å². The molecule has 1 aromatic heterocycles. The maximum Gasteiger partial charge on any atom is 0.270 e. The van der Waals surface area contributed by atoms with E-state index in [-0.39, 0.29) is 12.5 Å². The number of aromatic nitrogens is 2. The number of carbonyl (C=O) groups is 1. The molecular weight excluding hydrogens is 310 g/mol. The predicted molar refractivity (Wildman–Crippen MR) is 86.1 cm³/mol. The molecule has 126 valence electrons. The molecule has 1 fully saturated rings. The summed E-state index contributed by atoms with van der Waals surface area (Å²) in [5.41, 5.74) is 0. The molecule has 0 saturated carbocycles. The van der Waals surface area contributed by atoms with Crippen LogP contribution in [0.25, 0.3) is 0 Å². The van der Waals surface area contributed by atoms with E-state index in [9.17, 15) is 4.79 Å². The molecule has 2 aromatic rings. The van der Waals surface area contributed by atoms with Crippen molar-refractivity contribution < 1.29 is 19.0 Å². The maximum absolute atomic E-state index is 12.5. The van der Waals surface area contributed by atoms with E-state index in [4.69, 9.17) is 14.2 Å². The predicted octanol–water partition coefficient (Wildman–Crippen LogP) is 1.70. The zero-order valence-corrected chi connectivity index (χ0v) is 13.2. The van der Waals surface area contributed by atoms with Crippen LogP contribution in [0.15, 0.2) is 36.5 Å². The van der Waals surface area contributed by atoms with Crippen LogP contribution in [0.2, 0.25) is 0 Å². The Morgan fingerprint density at radius 2 is 2.12 bits per heavy atom. The van der Waals surface area contributed by atoms with Gasteiger partial charge in [0.2, 0.25) is 6.10 Å². The first-order valence-corrected chi connectivity index (χ1v) is 8.08. The van der Waals surface area contributed by atoms with Crippen LogP contribution in [0.3, 0.4) is 0 Å². The summed E-state index contributed by atoms with van der Waals surface area (Å²) in [4.78, 5) is 12.5. The summed E-state index contributed by atoms with van der Waals surface area (Å²) in [5.74, 6) is 2.10. The highest BCUT2D eigenvalue weighted by atomic mass is 16.6. The van der Waals surface area contributed by atoms with Crippen LogP contribution in [0.5, 0.6) is 11.5 Å². The van der Waals surface area contributed by atoms with E-state index >= 15 is 0 Å². The Hall–Kier alpha value is -2.54. The summed E-state index contributed by atoms with van der Waals surface area (Å²) in [5, 5.41) is 7.17. The lowest BCUT2D eigenvalue weighted by Crippen LogP contribution is -2.40. The van der Waals surface area contributed by atoms with Gasteiger partial charge in [0.05, 0.1) is 12.8 Å². The zero-order chi connectivity index (χ0) is 16.4. The van der Waals surface area contributed by atoms with E-state index in [1.807, 2.05) is 18.2 Å². The highest BCUT2D eigenvalue weighted by Gasteiger charge is 2.28. The van der Waals surface area contributed by atoms with Gasteiger partial charge >= 0.3 is 0 Å². The number of hydrogen-bond acceptors (Lipinski definition) is 5. The molecule has 0 bridgehead atoms. The summed E-state index contributed by atoms with van der Waals surface area (Å²) >= 11 is 0. The number of fused-ring (bicyclic) bond motifs is 1. The number of amides is 1. The van der Waals surface area contributed by atoms with Crippen LogP contribution < -0.4 is 14.8 Å². The van der Waals surface area contributed by atoms with Gasteiger partial charge in [-0.05, 0) is 18.6 Å². The van der Waals surface area contributed by atoms with Gasteiger partial charge in [-0.1, -0.05) is 12.1 Å². The second kappa shape index (κ2) is 6.52. The van der Waals surface area contributed by atoms with E-state index in [1.165, 1.54) is 0 Å². The molecule has 7 heteroatoms. The first kappa shape index (κ1) is 15.0. The molecule has 1 aromatic carbocycles. The van der Waals surface area contributed by atoms with Gasteiger partial charge in [0.15, 0.2) is 11.5 Å². The number of nitrogens with one attached hydrogen (secondary N) is 1. The smallest absolute Gasteiger partial charge is 0.270 e. The van der Waals surface area contributed by atoms with Crippen molar-refractivity contribution in [3.8, 4) is 11.5 Å². The third-order valence-corrected chi connectivity index (χ3v) is 4.22. The van der Waals surface area contributed by atoms with Gasteiger partial charge < -0.3 is 19.5 Å². The Bertz CT molecular complexity index is 724. The van der Waals surface area contributed by atoms with Crippen molar-refractivity contribution in [2.45, 2.75) is 19.1 Å². The minimum atomic E-state index is -0.682. The highest BCUT2D eigenvalue weighted by molar-refractivity contribution is 5.94. The molecule has 2 aliphatic rings. The van der Waals surface area contributed by atoms with Gasteiger partial charge in [0, 0.05) is 25.1 Å². The Morgan fingerprint density at radius 3 is 2.96 bits per heavy atom. The fourth-order valence-corrected chi connectivity index (χ4v) is 2.91. The van der Waals surface area contributed by atoms with Gasteiger partial charge in [-0.2, -0.15) is 5.10 Å². The van der Waals surface area contributed by atoms with Crippen LogP contribution in [0.1, 0.15) is 6.42 Å². The summed E-state index contributed by atoms with van der Waals surface area (Å²) in [7, 11) is 0. The molecule has 0 radical (unpaired) electrons. The Morgan fingerprint density at radius 1 is 1.25 bits per heavy atom. The normalized spacial score (nSPS) is 22.3. The van der Waals surface area contributed by atoms with Crippen molar-refractivity contribution in [2.75, 3.05) is 25.1 Å². The largest absolute Gasteiger partial charge is 0.485 e. The second-order valence-corrected chi connectivity index (χ2v) is 5.98. The van der Waals surface area contributed by atoms with Crippen LogP contribution in [-0.4, -0.2) is 41.6 Å². The number of rotatable bonds is 4. The Labute approximate surface area is 139 Å². The van der Waals surface area contributed by atoms with Crippen molar-refractivity contribution in [3.63, 3.8) is 0 Å². The number of hydrogen-bond donors (Lipinski definition) is 1. The standard InChI is InChI=1S/C17H19N3O4/c21-17(15-11-23-13-3-1-2-4-14(13)24-15)19-16-5-7-18-20(16)9-12-6-8-22-10-12/h1-5,7,12,15H,6,8-11H2,(H,19,21). The monoisotopic (exact) mass is 329 g/mol. The van der Waals surface area contributed by atoms with Gasteiger partial charge in [0.1, 0.15) is 12.4 Å². The lowest BCUT2D eigenvalue weighted by atomic mass is 10.1. The summed E-state index contributed by atoms with van der Waals surface area (Å²) < 4.78 is 18.5. The number of anilines is 1. The van der Waals surface area contributed by atoms with E-state index in [2.05, 4.69) is 10.4 Å². The number of carbonyl (C=O) groups excluding carboxylic acids is 1. The average Bonchev–Trinajstić information content (AvgIpc) is 3.27. The van der Waals surface area contributed by atoms with Gasteiger partial charge in [-0.15, -0.1) is 0 Å². The van der Waals surface area contributed by atoms with E-state index in [0.717, 1.165) is 26.2 Å². The van der Waals surface area contributed by atoms with Crippen LogP contribution in [-0.2, 0) is 16.1 Å². The Kier molecular flexibility index (Phi) is 4.08. The molecule has 2 atom stereocenters. The second-order valence-electron chi connectivity index (χ2n) is 5.98. The summed E-state index contributed by atoms with van der Waals surface area (Å²) in [6, 6.07) is 9.11. The molecule has 24 heavy (non-hydrogen) atoms. The first-order chi connectivity index (χ1) is 11.8. The molecule has 7 nitrogen and oxygen atoms in total. The van der Waals surface area contributed by atoms with Crippen molar-refractivity contribution in [3.05, 3.63) is 36.5 Å². The van der Waals surface area contributed by atoms with Crippen LogP contribution >= 0.6 is 0 Å².